The third-order valence-electron chi connectivity index (χ3n) is 3.20. The lowest BCUT2D eigenvalue weighted by molar-refractivity contribution is -0.147. The highest BCUT2D eigenvalue weighted by atomic mass is 16.5. The fourth-order valence-corrected chi connectivity index (χ4v) is 1.76. The van der Waals surface area contributed by atoms with Gasteiger partial charge in [0.05, 0.1) is 7.11 Å². The van der Waals surface area contributed by atoms with Crippen molar-refractivity contribution in [1.29, 1.82) is 0 Å². The Balaban J connectivity index is 2.25. The molecule has 2 heterocycles. The number of rotatable bonds is 4. The highest BCUT2D eigenvalue weighted by Gasteiger charge is 2.34. The van der Waals surface area contributed by atoms with Crippen LogP contribution in [0.15, 0.2) is 24.7 Å². The molecule has 0 saturated carbocycles. The average Bonchev–Trinajstić information content (AvgIpc) is 2.90. The molecule has 20 heavy (non-hydrogen) atoms. The summed E-state index contributed by atoms with van der Waals surface area (Å²) in [5.74, 6) is -0.505. The minimum Gasteiger partial charge on any atom is -0.467 e. The SMILES string of the molecule is CCC(C)(NC(=O)c1cn2cccnc2n1)C(=O)OC. The van der Waals surface area contributed by atoms with Crippen molar-refractivity contribution >= 4 is 17.7 Å². The van der Waals surface area contributed by atoms with Gasteiger partial charge in [-0.05, 0) is 19.4 Å². The number of ether oxygens (including phenoxy) is 1. The first-order valence-corrected chi connectivity index (χ1v) is 6.21. The first-order valence-electron chi connectivity index (χ1n) is 6.21. The molecule has 1 amide bonds. The number of fused-ring (bicyclic) bond motifs is 1. The van der Waals surface area contributed by atoms with Gasteiger partial charge in [-0.25, -0.2) is 14.8 Å². The summed E-state index contributed by atoms with van der Waals surface area (Å²) >= 11 is 0. The molecule has 0 aromatic carbocycles. The molecule has 1 unspecified atom stereocenters. The van der Waals surface area contributed by atoms with Gasteiger partial charge < -0.3 is 10.1 Å². The van der Waals surface area contributed by atoms with E-state index in [0.29, 0.717) is 12.2 Å². The maximum atomic E-state index is 12.2. The summed E-state index contributed by atoms with van der Waals surface area (Å²) in [7, 11) is 1.29. The monoisotopic (exact) mass is 276 g/mol. The van der Waals surface area contributed by atoms with Crippen LogP contribution >= 0.6 is 0 Å². The quantitative estimate of drug-likeness (QED) is 0.835. The number of imidazole rings is 1. The second kappa shape index (κ2) is 5.28. The van der Waals surface area contributed by atoms with E-state index >= 15 is 0 Å². The fraction of sp³-hybridized carbons (Fsp3) is 0.385. The van der Waals surface area contributed by atoms with Crippen molar-refractivity contribution in [3.8, 4) is 0 Å². The standard InChI is InChI=1S/C13H16N4O3/c1-4-13(2,11(19)20-3)16-10(18)9-8-17-7-5-6-14-12(17)15-9/h5-8H,4H2,1-3H3,(H,16,18). The number of aromatic nitrogens is 3. The number of hydrogen-bond donors (Lipinski definition) is 1. The van der Waals surface area contributed by atoms with Gasteiger partial charge in [-0.15, -0.1) is 0 Å². The Bertz CT molecular complexity index is 619. The number of hydrogen-bond acceptors (Lipinski definition) is 5. The first-order chi connectivity index (χ1) is 9.50. The van der Waals surface area contributed by atoms with Gasteiger partial charge in [0, 0.05) is 18.6 Å². The number of carbonyl (C=O) groups is 2. The number of carbonyl (C=O) groups excluding carboxylic acids is 2. The summed E-state index contributed by atoms with van der Waals surface area (Å²) in [6.07, 6.45) is 5.31. The van der Waals surface area contributed by atoms with Crippen LogP contribution in [0.4, 0.5) is 0 Å². The molecule has 0 aliphatic rings. The van der Waals surface area contributed by atoms with Gasteiger partial charge >= 0.3 is 5.97 Å². The number of nitrogens with one attached hydrogen (secondary N) is 1. The molecule has 0 spiro atoms. The van der Waals surface area contributed by atoms with E-state index in [1.165, 1.54) is 7.11 Å². The lowest BCUT2D eigenvalue weighted by Gasteiger charge is -2.25. The molecule has 0 radical (unpaired) electrons. The number of methoxy groups -OCH3 is 1. The zero-order valence-electron chi connectivity index (χ0n) is 11.6. The topological polar surface area (TPSA) is 85.6 Å². The highest BCUT2D eigenvalue weighted by molar-refractivity contribution is 5.96. The Morgan fingerprint density at radius 2 is 2.25 bits per heavy atom. The molecule has 106 valence electrons. The van der Waals surface area contributed by atoms with Crippen LogP contribution < -0.4 is 5.32 Å². The van der Waals surface area contributed by atoms with Crippen LogP contribution in [0.25, 0.3) is 5.78 Å². The van der Waals surface area contributed by atoms with E-state index in [1.54, 1.807) is 42.9 Å². The van der Waals surface area contributed by atoms with Crippen molar-refractivity contribution in [2.24, 2.45) is 0 Å². The van der Waals surface area contributed by atoms with E-state index < -0.39 is 17.4 Å². The van der Waals surface area contributed by atoms with Crippen molar-refractivity contribution in [1.82, 2.24) is 19.7 Å². The van der Waals surface area contributed by atoms with Crippen molar-refractivity contribution in [2.45, 2.75) is 25.8 Å². The minimum atomic E-state index is -1.07. The van der Waals surface area contributed by atoms with E-state index in [2.05, 4.69) is 15.3 Å². The summed E-state index contributed by atoms with van der Waals surface area (Å²) in [6, 6.07) is 1.74. The lowest BCUT2D eigenvalue weighted by Crippen LogP contribution is -2.52. The van der Waals surface area contributed by atoms with Crippen LogP contribution in [0.5, 0.6) is 0 Å². The number of nitrogens with zero attached hydrogens (tertiary/aromatic N) is 3. The summed E-state index contributed by atoms with van der Waals surface area (Å²) in [5, 5.41) is 2.65. The Hall–Kier alpha value is -2.44. The molecule has 2 rings (SSSR count). The predicted octanol–water partition coefficient (Wildman–Crippen LogP) is 0.801. The maximum Gasteiger partial charge on any atom is 0.331 e. The van der Waals surface area contributed by atoms with Gasteiger partial charge in [-0.3, -0.25) is 9.20 Å². The first kappa shape index (κ1) is 14.0. The molecule has 7 nitrogen and oxygen atoms in total. The van der Waals surface area contributed by atoms with E-state index in [-0.39, 0.29) is 5.69 Å². The van der Waals surface area contributed by atoms with Crippen molar-refractivity contribution in [3.63, 3.8) is 0 Å². The van der Waals surface area contributed by atoms with Crippen LogP contribution in [-0.4, -0.2) is 38.9 Å². The molecule has 2 aromatic rings. The molecule has 0 saturated heterocycles. The molecule has 0 aliphatic heterocycles. The molecule has 1 atom stereocenters. The summed E-state index contributed by atoms with van der Waals surface area (Å²) < 4.78 is 6.35. The van der Waals surface area contributed by atoms with Crippen LogP contribution in [0, 0.1) is 0 Å². The van der Waals surface area contributed by atoms with E-state index in [9.17, 15) is 9.59 Å². The molecule has 0 aliphatic carbocycles. The molecule has 2 aromatic heterocycles. The van der Waals surface area contributed by atoms with Crippen LogP contribution in [0.1, 0.15) is 30.8 Å². The van der Waals surface area contributed by atoms with E-state index in [0.717, 1.165) is 0 Å². The summed E-state index contributed by atoms with van der Waals surface area (Å²) in [6.45, 7) is 3.41. The normalized spacial score (nSPS) is 13.8. The zero-order chi connectivity index (χ0) is 14.8. The summed E-state index contributed by atoms with van der Waals surface area (Å²) in [4.78, 5) is 32.1. The number of amides is 1. The van der Waals surface area contributed by atoms with Gasteiger partial charge in [-0.1, -0.05) is 6.92 Å². The average molecular weight is 276 g/mol. The molecule has 0 fully saturated rings. The van der Waals surface area contributed by atoms with Gasteiger partial charge in [-0.2, -0.15) is 0 Å². The Kier molecular flexibility index (Phi) is 3.69. The largest absolute Gasteiger partial charge is 0.467 e. The Morgan fingerprint density at radius 1 is 1.50 bits per heavy atom. The van der Waals surface area contributed by atoms with Crippen molar-refractivity contribution in [2.75, 3.05) is 7.11 Å². The summed E-state index contributed by atoms with van der Waals surface area (Å²) in [5.41, 5.74) is -0.873. The fourth-order valence-electron chi connectivity index (χ4n) is 1.76. The van der Waals surface area contributed by atoms with Crippen molar-refractivity contribution < 1.29 is 14.3 Å². The van der Waals surface area contributed by atoms with E-state index in [4.69, 9.17) is 4.74 Å². The van der Waals surface area contributed by atoms with E-state index in [1.807, 2.05) is 0 Å². The Morgan fingerprint density at radius 3 is 2.85 bits per heavy atom. The highest BCUT2D eigenvalue weighted by Crippen LogP contribution is 2.13. The second-order valence-corrected chi connectivity index (χ2v) is 4.58. The predicted molar refractivity (Wildman–Crippen MR) is 71.2 cm³/mol. The Labute approximate surface area is 116 Å². The zero-order valence-corrected chi connectivity index (χ0v) is 11.6. The number of esters is 1. The van der Waals surface area contributed by atoms with Gasteiger partial charge in [0.15, 0.2) is 0 Å². The van der Waals surface area contributed by atoms with Gasteiger partial charge in [0.2, 0.25) is 5.78 Å². The van der Waals surface area contributed by atoms with Gasteiger partial charge in [0.25, 0.3) is 5.91 Å². The third kappa shape index (κ3) is 2.47. The second-order valence-electron chi connectivity index (χ2n) is 4.58. The van der Waals surface area contributed by atoms with Gasteiger partial charge in [0.1, 0.15) is 11.2 Å². The lowest BCUT2D eigenvalue weighted by atomic mass is 9.99. The molecule has 1 N–H and O–H groups in total. The van der Waals surface area contributed by atoms with Crippen LogP contribution in [0.3, 0.4) is 0 Å². The molecule has 7 heteroatoms. The van der Waals surface area contributed by atoms with Crippen LogP contribution in [-0.2, 0) is 9.53 Å². The maximum absolute atomic E-state index is 12.2. The molecular weight excluding hydrogens is 260 g/mol. The molecule has 0 bridgehead atoms. The van der Waals surface area contributed by atoms with Crippen LogP contribution in [0.2, 0.25) is 0 Å². The third-order valence-corrected chi connectivity index (χ3v) is 3.20. The minimum absolute atomic E-state index is 0.201. The smallest absolute Gasteiger partial charge is 0.331 e. The molecular formula is C13H16N4O3. The van der Waals surface area contributed by atoms with Crippen molar-refractivity contribution in [3.05, 3.63) is 30.4 Å².